The monoisotopic (exact) mass is 334 g/mol. The Hall–Kier alpha value is -2.50. The van der Waals surface area contributed by atoms with E-state index < -0.39 is 0 Å². The lowest BCUT2D eigenvalue weighted by Gasteiger charge is -2.15. The number of aliphatic hydroxyl groups excluding tert-OH is 1. The Kier molecular flexibility index (Phi) is 4.34. The minimum atomic E-state index is -0.326. The maximum absolute atomic E-state index is 10.5. The summed E-state index contributed by atoms with van der Waals surface area (Å²) < 4.78 is 0. The molecule has 3 heterocycles. The fraction of sp³-hybridized carbons (Fsp3) is 0.300. The number of aliphatic hydroxyl groups is 1. The van der Waals surface area contributed by atoms with Crippen LogP contribution in [0.1, 0.15) is 11.3 Å². The zero-order valence-electron chi connectivity index (χ0n) is 14.0. The van der Waals surface area contributed by atoms with Gasteiger partial charge in [-0.05, 0) is 36.2 Å². The molecular formula is C20H22N4O. The maximum Gasteiger partial charge on any atom is 0.123 e. The lowest BCUT2D eigenvalue weighted by atomic mass is 9.99. The lowest BCUT2D eigenvalue weighted by Crippen LogP contribution is -2.21. The third-order valence-electron chi connectivity index (χ3n) is 4.86. The van der Waals surface area contributed by atoms with Crippen molar-refractivity contribution in [2.24, 2.45) is 5.92 Å². The lowest BCUT2D eigenvalue weighted by molar-refractivity contribution is 0.140. The maximum atomic E-state index is 10.5. The van der Waals surface area contributed by atoms with Crippen molar-refractivity contribution in [2.45, 2.75) is 19.1 Å². The molecule has 2 aromatic heterocycles. The molecule has 0 amide bonds. The van der Waals surface area contributed by atoms with Crippen LogP contribution in [-0.4, -0.2) is 39.2 Å². The molecule has 1 fully saturated rings. The van der Waals surface area contributed by atoms with Crippen LogP contribution in [0.15, 0.2) is 54.7 Å². The molecule has 0 radical (unpaired) electrons. The molecule has 2 atom stereocenters. The van der Waals surface area contributed by atoms with Crippen molar-refractivity contribution in [1.82, 2.24) is 14.9 Å². The first-order valence-electron chi connectivity index (χ1n) is 8.63. The Bertz CT molecular complexity index is 882. The molecule has 1 saturated heterocycles. The van der Waals surface area contributed by atoms with Crippen LogP contribution < -0.4 is 5.73 Å². The van der Waals surface area contributed by atoms with Gasteiger partial charge >= 0.3 is 0 Å². The minimum Gasteiger partial charge on any atom is -0.391 e. The van der Waals surface area contributed by atoms with E-state index in [-0.39, 0.29) is 12.0 Å². The van der Waals surface area contributed by atoms with Crippen molar-refractivity contribution < 1.29 is 5.11 Å². The standard InChI is InChI=1S/C20H22N4O/c21-20-9-14(7-8-22-20)11-24-12-16(19(25)13-24)10-17-6-5-15-3-1-2-4-18(15)23-17/h1-9,16,19,25H,10-13H2,(H2,21,22)/t16-,19-/m1/s1. The van der Waals surface area contributed by atoms with E-state index in [4.69, 9.17) is 10.7 Å². The highest BCUT2D eigenvalue weighted by Crippen LogP contribution is 2.23. The van der Waals surface area contributed by atoms with Crippen LogP contribution in [-0.2, 0) is 13.0 Å². The normalized spacial score (nSPS) is 21.0. The van der Waals surface area contributed by atoms with E-state index in [1.165, 1.54) is 0 Å². The summed E-state index contributed by atoms with van der Waals surface area (Å²) in [5.41, 5.74) is 8.93. The number of β-amino-alcohol motifs (C(OH)–C–C–N with tert-alkyl or cyclic N) is 1. The third kappa shape index (κ3) is 3.62. The zero-order valence-corrected chi connectivity index (χ0v) is 14.0. The van der Waals surface area contributed by atoms with Crippen LogP contribution in [0, 0.1) is 5.92 Å². The molecule has 0 saturated carbocycles. The predicted molar refractivity (Wildman–Crippen MR) is 98.9 cm³/mol. The van der Waals surface area contributed by atoms with E-state index in [0.717, 1.165) is 41.7 Å². The van der Waals surface area contributed by atoms with Gasteiger partial charge < -0.3 is 10.8 Å². The van der Waals surface area contributed by atoms with Crippen LogP contribution >= 0.6 is 0 Å². The highest BCUT2D eigenvalue weighted by atomic mass is 16.3. The molecule has 1 aliphatic rings. The van der Waals surface area contributed by atoms with Crippen molar-refractivity contribution in [3.8, 4) is 0 Å². The molecule has 0 bridgehead atoms. The SMILES string of the molecule is Nc1cc(CN2C[C@@H](Cc3ccc4ccccc4n3)[C@H](O)C2)ccn1. The fourth-order valence-electron chi connectivity index (χ4n) is 3.61. The second kappa shape index (κ2) is 6.78. The average molecular weight is 334 g/mol. The third-order valence-corrected chi connectivity index (χ3v) is 4.86. The quantitative estimate of drug-likeness (QED) is 0.765. The molecule has 5 heteroatoms. The number of aromatic nitrogens is 2. The molecule has 0 unspecified atom stereocenters. The van der Waals surface area contributed by atoms with Gasteiger partial charge in [0.2, 0.25) is 0 Å². The second-order valence-electron chi connectivity index (χ2n) is 6.81. The summed E-state index contributed by atoms with van der Waals surface area (Å²) >= 11 is 0. The Balaban J connectivity index is 1.44. The smallest absolute Gasteiger partial charge is 0.123 e. The largest absolute Gasteiger partial charge is 0.391 e. The van der Waals surface area contributed by atoms with Gasteiger partial charge in [-0.3, -0.25) is 9.88 Å². The molecule has 5 nitrogen and oxygen atoms in total. The first-order chi connectivity index (χ1) is 12.2. The Labute approximate surface area is 147 Å². The van der Waals surface area contributed by atoms with Crippen molar-refractivity contribution in [3.63, 3.8) is 0 Å². The first kappa shape index (κ1) is 16.0. The Morgan fingerprint density at radius 3 is 2.88 bits per heavy atom. The highest BCUT2D eigenvalue weighted by molar-refractivity contribution is 5.78. The number of nitrogen functional groups attached to an aromatic ring is 1. The molecule has 1 aliphatic heterocycles. The zero-order chi connectivity index (χ0) is 17.2. The Morgan fingerprint density at radius 1 is 1.12 bits per heavy atom. The van der Waals surface area contributed by atoms with E-state index in [0.29, 0.717) is 12.4 Å². The number of benzene rings is 1. The predicted octanol–water partition coefficient (Wildman–Crippen LogP) is 2.25. The van der Waals surface area contributed by atoms with Gasteiger partial charge in [-0.1, -0.05) is 24.3 Å². The van der Waals surface area contributed by atoms with E-state index in [1.807, 2.05) is 30.3 Å². The molecule has 25 heavy (non-hydrogen) atoms. The molecule has 3 aromatic rings. The van der Waals surface area contributed by atoms with Crippen LogP contribution in [0.5, 0.6) is 0 Å². The van der Waals surface area contributed by atoms with Crippen molar-refractivity contribution >= 4 is 16.7 Å². The van der Waals surface area contributed by atoms with E-state index >= 15 is 0 Å². The molecule has 0 aliphatic carbocycles. The number of nitrogens with zero attached hydrogens (tertiary/aromatic N) is 3. The van der Waals surface area contributed by atoms with Gasteiger partial charge in [0.1, 0.15) is 5.82 Å². The number of rotatable bonds is 4. The summed E-state index contributed by atoms with van der Waals surface area (Å²) in [5, 5.41) is 11.6. The van der Waals surface area contributed by atoms with Crippen molar-refractivity contribution in [1.29, 1.82) is 0 Å². The highest BCUT2D eigenvalue weighted by Gasteiger charge is 2.31. The first-order valence-corrected chi connectivity index (χ1v) is 8.63. The number of fused-ring (bicyclic) bond motifs is 1. The van der Waals surface area contributed by atoms with Crippen molar-refractivity contribution in [3.05, 3.63) is 66.0 Å². The van der Waals surface area contributed by atoms with Crippen LogP contribution in [0.3, 0.4) is 0 Å². The molecule has 4 rings (SSSR count). The number of likely N-dealkylation sites (tertiary alicyclic amines) is 1. The summed E-state index contributed by atoms with van der Waals surface area (Å²) in [6.45, 7) is 2.32. The molecular weight excluding hydrogens is 312 g/mol. The van der Waals surface area contributed by atoms with E-state index in [9.17, 15) is 5.11 Å². The number of anilines is 1. The second-order valence-corrected chi connectivity index (χ2v) is 6.81. The van der Waals surface area contributed by atoms with Crippen LogP contribution in [0.25, 0.3) is 10.9 Å². The van der Waals surface area contributed by atoms with E-state index in [1.54, 1.807) is 6.20 Å². The Morgan fingerprint density at radius 2 is 2.00 bits per heavy atom. The van der Waals surface area contributed by atoms with Gasteiger partial charge in [0.05, 0.1) is 11.6 Å². The van der Waals surface area contributed by atoms with Gasteiger partial charge in [0.15, 0.2) is 0 Å². The van der Waals surface area contributed by atoms with Crippen LogP contribution in [0.4, 0.5) is 5.82 Å². The number of pyridine rings is 2. The minimum absolute atomic E-state index is 0.202. The van der Waals surface area contributed by atoms with Crippen molar-refractivity contribution in [2.75, 3.05) is 18.8 Å². The summed E-state index contributed by atoms with van der Waals surface area (Å²) in [6, 6.07) is 16.2. The molecule has 1 aromatic carbocycles. The summed E-state index contributed by atoms with van der Waals surface area (Å²) in [5.74, 6) is 0.738. The van der Waals surface area contributed by atoms with Crippen LogP contribution in [0.2, 0.25) is 0 Å². The molecule has 3 N–H and O–H groups in total. The number of nitrogens with two attached hydrogens (primary N) is 1. The number of para-hydroxylation sites is 1. The van der Waals surface area contributed by atoms with E-state index in [2.05, 4.69) is 28.1 Å². The topological polar surface area (TPSA) is 75.3 Å². The summed E-state index contributed by atoms with van der Waals surface area (Å²) in [4.78, 5) is 11.0. The molecule has 0 spiro atoms. The molecule has 128 valence electrons. The number of hydrogen-bond acceptors (Lipinski definition) is 5. The average Bonchev–Trinajstić information content (AvgIpc) is 2.94. The van der Waals surface area contributed by atoms with Gasteiger partial charge in [-0.25, -0.2) is 4.98 Å². The van der Waals surface area contributed by atoms with Gasteiger partial charge in [0, 0.05) is 42.8 Å². The van der Waals surface area contributed by atoms with Gasteiger partial charge in [-0.15, -0.1) is 0 Å². The summed E-state index contributed by atoms with van der Waals surface area (Å²) in [7, 11) is 0. The summed E-state index contributed by atoms with van der Waals surface area (Å²) in [6.07, 6.45) is 2.20. The fourth-order valence-corrected chi connectivity index (χ4v) is 3.61. The van der Waals surface area contributed by atoms with Gasteiger partial charge in [-0.2, -0.15) is 0 Å². The number of hydrogen-bond donors (Lipinski definition) is 2. The van der Waals surface area contributed by atoms with Gasteiger partial charge in [0.25, 0.3) is 0 Å².